The van der Waals surface area contributed by atoms with Crippen LogP contribution in [0.15, 0.2) is 42.5 Å². The first-order chi connectivity index (χ1) is 10.1. The van der Waals surface area contributed by atoms with Crippen LogP contribution in [0.25, 0.3) is 0 Å². The van der Waals surface area contributed by atoms with Gasteiger partial charge in [0.15, 0.2) is 0 Å². The van der Waals surface area contributed by atoms with Crippen LogP contribution in [0.3, 0.4) is 0 Å². The van der Waals surface area contributed by atoms with Gasteiger partial charge in [0.05, 0.1) is 11.3 Å². The zero-order valence-corrected chi connectivity index (χ0v) is 11.5. The second kappa shape index (κ2) is 6.53. The van der Waals surface area contributed by atoms with Crippen molar-refractivity contribution < 1.29 is 9.18 Å². The third-order valence-corrected chi connectivity index (χ3v) is 2.90. The van der Waals surface area contributed by atoms with Crippen LogP contribution < -0.4 is 10.6 Å². The van der Waals surface area contributed by atoms with Crippen LogP contribution in [0, 0.1) is 17.1 Å². The van der Waals surface area contributed by atoms with Crippen molar-refractivity contribution >= 4 is 17.3 Å². The molecule has 1 amide bonds. The molecule has 2 aromatic carbocycles. The number of carbonyl (C=O) groups excluding carboxylic acids is 1. The first-order valence-corrected chi connectivity index (χ1v) is 6.39. The van der Waals surface area contributed by atoms with Gasteiger partial charge in [0.25, 0.3) is 0 Å². The predicted molar refractivity (Wildman–Crippen MR) is 79.2 cm³/mol. The molecule has 4 nitrogen and oxygen atoms in total. The quantitative estimate of drug-likeness (QED) is 0.905. The number of carbonyl (C=O) groups is 1. The molecule has 0 spiro atoms. The number of nitrogens with one attached hydrogen (secondary N) is 2. The van der Waals surface area contributed by atoms with Gasteiger partial charge < -0.3 is 10.6 Å². The minimum absolute atomic E-state index is 0.151. The van der Waals surface area contributed by atoms with Gasteiger partial charge in [-0.15, -0.1) is 0 Å². The lowest BCUT2D eigenvalue weighted by molar-refractivity contribution is -0.114. The summed E-state index contributed by atoms with van der Waals surface area (Å²) < 4.78 is 13.1. The Morgan fingerprint density at radius 1 is 1.24 bits per heavy atom. The van der Waals surface area contributed by atoms with Gasteiger partial charge in [-0.25, -0.2) is 4.39 Å². The van der Waals surface area contributed by atoms with Crippen LogP contribution >= 0.6 is 0 Å². The highest BCUT2D eigenvalue weighted by Gasteiger charge is 2.06. The first kappa shape index (κ1) is 14.5. The lowest BCUT2D eigenvalue weighted by Gasteiger charge is -2.12. The van der Waals surface area contributed by atoms with Crippen LogP contribution in [0.1, 0.15) is 18.1 Å². The Balaban J connectivity index is 2.17. The lowest BCUT2D eigenvalue weighted by Crippen LogP contribution is -2.10. The van der Waals surface area contributed by atoms with E-state index >= 15 is 0 Å². The van der Waals surface area contributed by atoms with Crippen LogP contribution in [0.2, 0.25) is 0 Å². The molecule has 0 radical (unpaired) electrons. The van der Waals surface area contributed by atoms with Crippen molar-refractivity contribution in [1.82, 2.24) is 0 Å². The summed E-state index contributed by atoms with van der Waals surface area (Å²) in [6, 6.07) is 13.3. The van der Waals surface area contributed by atoms with E-state index < -0.39 is 5.82 Å². The second-order valence-corrected chi connectivity index (χ2v) is 4.49. The van der Waals surface area contributed by atoms with Crippen LogP contribution in [-0.4, -0.2) is 5.91 Å². The molecule has 21 heavy (non-hydrogen) atoms. The number of amides is 1. The average Bonchev–Trinajstić information content (AvgIpc) is 2.46. The summed E-state index contributed by atoms with van der Waals surface area (Å²) in [5.41, 5.74) is 2.38. The van der Waals surface area contributed by atoms with Crippen molar-refractivity contribution in [3.63, 3.8) is 0 Å². The number of rotatable bonds is 4. The van der Waals surface area contributed by atoms with Gasteiger partial charge in [0.1, 0.15) is 11.9 Å². The standard InChI is InChI=1S/C16H14FN3O/c1-11(21)20-16-5-3-2-4-12(16)10-19-15-7-6-14(17)8-13(15)9-18/h2-8,19H,10H2,1H3,(H,20,21). The Morgan fingerprint density at radius 2 is 2.00 bits per heavy atom. The molecule has 0 aliphatic carbocycles. The van der Waals surface area contributed by atoms with E-state index in [1.54, 1.807) is 6.07 Å². The van der Waals surface area contributed by atoms with Gasteiger partial charge in [0.2, 0.25) is 5.91 Å². The van der Waals surface area contributed by atoms with E-state index in [-0.39, 0.29) is 11.5 Å². The van der Waals surface area contributed by atoms with Crippen LogP contribution in [0.4, 0.5) is 15.8 Å². The smallest absolute Gasteiger partial charge is 0.221 e. The molecule has 0 saturated heterocycles. The maximum atomic E-state index is 13.1. The Labute approximate surface area is 122 Å². The van der Waals surface area contributed by atoms with E-state index in [0.29, 0.717) is 17.9 Å². The fourth-order valence-corrected chi connectivity index (χ4v) is 1.94. The Morgan fingerprint density at radius 3 is 2.71 bits per heavy atom. The summed E-state index contributed by atoms with van der Waals surface area (Å²) >= 11 is 0. The normalized spacial score (nSPS) is 9.76. The van der Waals surface area contributed by atoms with E-state index in [1.807, 2.05) is 24.3 Å². The molecule has 106 valence electrons. The summed E-state index contributed by atoms with van der Waals surface area (Å²) in [4.78, 5) is 11.2. The van der Waals surface area contributed by atoms with Crippen molar-refractivity contribution in [2.24, 2.45) is 0 Å². The highest BCUT2D eigenvalue weighted by Crippen LogP contribution is 2.20. The zero-order chi connectivity index (χ0) is 15.2. The van der Waals surface area contributed by atoms with Gasteiger partial charge in [-0.2, -0.15) is 5.26 Å². The van der Waals surface area contributed by atoms with Crippen molar-refractivity contribution in [1.29, 1.82) is 5.26 Å². The molecule has 2 aromatic rings. The molecular weight excluding hydrogens is 269 g/mol. The van der Waals surface area contributed by atoms with Gasteiger partial charge in [-0.3, -0.25) is 4.79 Å². The molecule has 0 atom stereocenters. The number of anilines is 2. The maximum absolute atomic E-state index is 13.1. The number of nitrogens with zero attached hydrogens (tertiary/aromatic N) is 1. The summed E-state index contributed by atoms with van der Waals surface area (Å²) in [6.45, 7) is 1.86. The topological polar surface area (TPSA) is 64.9 Å². The van der Waals surface area contributed by atoms with E-state index in [2.05, 4.69) is 10.6 Å². The largest absolute Gasteiger partial charge is 0.380 e. The summed E-state index contributed by atoms with van der Waals surface area (Å²) in [7, 11) is 0. The Kier molecular flexibility index (Phi) is 4.52. The molecule has 0 heterocycles. The molecule has 0 aromatic heterocycles. The fraction of sp³-hybridized carbons (Fsp3) is 0.125. The molecule has 0 aliphatic heterocycles. The Hall–Kier alpha value is -2.87. The van der Waals surface area contributed by atoms with E-state index in [4.69, 9.17) is 5.26 Å². The minimum Gasteiger partial charge on any atom is -0.380 e. The third kappa shape index (κ3) is 3.80. The second-order valence-electron chi connectivity index (χ2n) is 4.49. The molecule has 0 unspecified atom stereocenters. The molecule has 2 rings (SSSR count). The molecule has 0 bridgehead atoms. The summed E-state index contributed by atoms with van der Waals surface area (Å²) in [5, 5.41) is 14.8. The first-order valence-electron chi connectivity index (χ1n) is 6.39. The number of hydrogen-bond donors (Lipinski definition) is 2. The van der Waals surface area contributed by atoms with E-state index in [1.165, 1.54) is 25.1 Å². The van der Waals surface area contributed by atoms with Crippen LogP contribution in [0.5, 0.6) is 0 Å². The Bertz CT molecular complexity index is 707. The SMILES string of the molecule is CC(=O)Nc1ccccc1CNc1ccc(F)cc1C#N. The number of nitriles is 1. The molecule has 0 aliphatic rings. The van der Waals surface area contributed by atoms with Crippen molar-refractivity contribution in [2.45, 2.75) is 13.5 Å². The monoisotopic (exact) mass is 283 g/mol. The van der Waals surface area contributed by atoms with Gasteiger partial charge in [-0.05, 0) is 29.8 Å². The highest BCUT2D eigenvalue weighted by molar-refractivity contribution is 5.89. The molecule has 0 fully saturated rings. The van der Waals surface area contributed by atoms with Gasteiger partial charge >= 0.3 is 0 Å². The molecular formula is C16H14FN3O. The van der Waals surface area contributed by atoms with Crippen LogP contribution in [-0.2, 0) is 11.3 Å². The summed E-state index contributed by atoms with van der Waals surface area (Å²) in [5.74, 6) is -0.599. The van der Waals surface area contributed by atoms with Crippen molar-refractivity contribution in [3.05, 3.63) is 59.4 Å². The van der Waals surface area contributed by atoms with E-state index in [0.717, 1.165) is 5.56 Å². The summed E-state index contributed by atoms with van der Waals surface area (Å²) in [6.07, 6.45) is 0. The third-order valence-electron chi connectivity index (χ3n) is 2.90. The molecule has 2 N–H and O–H groups in total. The lowest BCUT2D eigenvalue weighted by atomic mass is 10.1. The molecule has 0 saturated carbocycles. The predicted octanol–water partition coefficient (Wildman–Crippen LogP) is 3.27. The number of hydrogen-bond acceptors (Lipinski definition) is 3. The maximum Gasteiger partial charge on any atom is 0.221 e. The van der Waals surface area contributed by atoms with Gasteiger partial charge in [0, 0.05) is 19.2 Å². The zero-order valence-electron chi connectivity index (χ0n) is 11.5. The van der Waals surface area contributed by atoms with Crippen molar-refractivity contribution in [3.8, 4) is 6.07 Å². The fourth-order valence-electron chi connectivity index (χ4n) is 1.94. The number of benzene rings is 2. The highest BCUT2D eigenvalue weighted by atomic mass is 19.1. The van der Waals surface area contributed by atoms with Gasteiger partial charge in [-0.1, -0.05) is 18.2 Å². The average molecular weight is 283 g/mol. The number of halogens is 1. The minimum atomic E-state index is -0.448. The number of para-hydroxylation sites is 1. The molecule has 5 heteroatoms. The van der Waals surface area contributed by atoms with Crippen molar-refractivity contribution in [2.75, 3.05) is 10.6 Å². The van der Waals surface area contributed by atoms with E-state index in [9.17, 15) is 9.18 Å².